The number of Topliss-reactive ketones (excluding diaryl/α,β-unsaturated/α-hetero) is 1. The van der Waals surface area contributed by atoms with Gasteiger partial charge in [0, 0.05) is 0 Å². The Kier molecular flexibility index (Phi) is 9.21. The molecule has 1 aliphatic carbocycles. The molecule has 0 spiro atoms. The van der Waals surface area contributed by atoms with E-state index in [0.717, 1.165) is 31.2 Å². The summed E-state index contributed by atoms with van der Waals surface area (Å²) in [5.74, 6) is 0.496. The summed E-state index contributed by atoms with van der Waals surface area (Å²) in [6.07, 6.45) is 5.24. The molecule has 2 aliphatic rings. The smallest absolute Gasteiger partial charge is 0.323 e. The SMILES string of the molecule is C[C@H](N)C(=O)C1NC(C(=O)OC(C)(C)C)CC2CCCCC21.Cc1ccc(S(=O)(=O)O)cc1. The van der Waals surface area contributed by atoms with Crippen molar-refractivity contribution in [2.24, 2.45) is 17.6 Å². The molecule has 4 N–H and O–H groups in total. The van der Waals surface area contributed by atoms with E-state index >= 15 is 0 Å². The number of esters is 1. The molecule has 9 heteroatoms. The fourth-order valence-electron chi connectivity index (χ4n) is 4.50. The highest BCUT2D eigenvalue weighted by molar-refractivity contribution is 7.85. The van der Waals surface area contributed by atoms with Gasteiger partial charge >= 0.3 is 5.97 Å². The molecule has 3 rings (SSSR count). The molecule has 2 fully saturated rings. The summed E-state index contributed by atoms with van der Waals surface area (Å²) >= 11 is 0. The Morgan fingerprint density at radius 1 is 1.15 bits per heavy atom. The lowest BCUT2D eigenvalue weighted by Gasteiger charge is -2.44. The average Bonchev–Trinajstić information content (AvgIpc) is 2.71. The Balaban J connectivity index is 0.000000294. The number of hydrogen-bond acceptors (Lipinski definition) is 7. The van der Waals surface area contributed by atoms with Crippen LogP contribution in [0.3, 0.4) is 0 Å². The minimum atomic E-state index is -4.02. The van der Waals surface area contributed by atoms with Crippen LogP contribution >= 0.6 is 0 Å². The summed E-state index contributed by atoms with van der Waals surface area (Å²) in [5.41, 5.74) is 6.25. The third kappa shape index (κ3) is 8.17. The number of carbonyl (C=O) groups excluding carboxylic acids is 2. The molecular formula is C24H38N2O6S. The van der Waals surface area contributed by atoms with Crippen molar-refractivity contribution in [3.8, 4) is 0 Å². The number of aryl methyl sites for hydroxylation is 1. The van der Waals surface area contributed by atoms with Crippen LogP contribution in [-0.2, 0) is 24.4 Å². The summed E-state index contributed by atoms with van der Waals surface area (Å²) in [4.78, 5) is 24.8. The monoisotopic (exact) mass is 482 g/mol. The van der Waals surface area contributed by atoms with Crippen LogP contribution in [0, 0.1) is 18.8 Å². The van der Waals surface area contributed by atoms with Crippen molar-refractivity contribution in [1.29, 1.82) is 0 Å². The van der Waals surface area contributed by atoms with Crippen molar-refractivity contribution in [2.75, 3.05) is 0 Å². The maximum absolute atomic E-state index is 12.5. The highest BCUT2D eigenvalue weighted by Gasteiger charge is 2.45. The van der Waals surface area contributed by atoms with Crippen molar-refractivity contribution in [1.82, 2.24) is 5.32 Å². The largest absolute Gasteiger partial charge is 0.459 e. The molecule has 1 saturated carbocycles. The summed E-state index contributed by atoms with van der Waals surface area (Å²) < 4.78 is 35.1. The third-order valence-electron chi connectivity index (χ3n) is 6.08. The molecule has 0 radical (unpaired) electrons. The summed E-state index contributed by atoms with van der Waals surface area (Å²) in [6.45, 7) is 9.15. The zero-order valence-corrected chi connectivity index (χ0v) is 21.0. The molecule has 0 bridgehead atoms. The van der Waals surface area contributed by atoms with Gasteiger partial charge in [0.1, 0.15) is 11.6 Å². The molecule has 1 aromatic carbocycles. The lowest BCUT2D eigenvalue weighted by molar-refractivity contribution is -0.160. The molecule has 186 valence electrons. The molecule has 1 saturated heterocycles. The minimum absolute atomic E-state index is 0.0187. The van der Waals surface area contributed by atoms with Crippen LogP contribution in [0.2, 0.25) is 0 Å². The molecule has 0 amide bonds. The number of ether oxygens (including phenoxy) is 1. The van der Waals surface area contributed by atoms with Crippen molar-refractivity contribution < 1.29 is 27.3 Å². The highest BCUT2D eigenvalue weighted by atomic mass is 32.2. The number of hydrogen-bond donors (Lipinski definition) is 3. The van der Waals surface area contributed by atoms with Crippen LogP contribution in [0.5, 0.6) is 0 Å². The van der Waals surface area contributed by atoms with E-state index in [0.29, 0.717) is 11.8 Å². The Morgan fingerprint density at radius 2 is 1.73 bits per heavy atom. The molecule has 4 unspecified atom stereocenters. The van der Waals surface area contributed by atoms with Crippen molar-refractivity contribution in [3.05, 3.63) is 29.8 Å². The van der Waals surface area contributed by atoms with E-state index in [4.69, 9.17) is 15.0 Å². The Labute approximate surface area is 197 Å². The topological polar surface area (TPSA) is 136 Å². The van der Waals surface area contributed by atoms with Crippen LogP contribution in [0.4, 0.5) is 0 Å². The fourth-order valence-corrected chi connectivity index (χ4v) is 4.98. The van der Waals surface area contributed by atoms with E-state index in [-0.39, 0.29) is 22.7 Å². The van der Waals surface area contributed by atoms with E-state index in [1.807, 2.05) is 27.7 Å². The Bertz CT molecular complexity index is 921. The molecule has 5 atom stereocenters. The number of carbonyl (C=O) groups is 2. The first kappa shape index (κ1) is 27.4. The predicted molar refractivity (Wildman–Crippen MR) is 126 cm³/mol. The molecule has 1 heterocycles. The van der Waals surface area contributed by atoms with Gasteiger partial charge < -0.3 is 10.5 Å². The van der Waals surface area contributed by atoms with Crippen molar-refractivity contribution >= 4 is 21.9 Å². The second-order valence-corrected chi connectivity index (χ2v) is 11.6. The van der Waals surface area contributed by atoms with Gasteiger partial charge in [-0.15, -0.1) is 0 Å². The summed E-state index contributed by atoms with van der Waals surface area (Å²) in [7, 11) is -4.02. The summed E-state index contributed by atoms with van der Waals surface area (Å²) in [5, 5.41) is 3.25. The zero-order chi connectivity index (χ0) is 25.0. The van der Waals surface area contributed by atoms with Gasteiger partial charge in [0.05, 0.1) is 17.0 Å². The molecule has 8 nitrogen and oxygen atoms in total. The van der Waals surface area contributed by atoms with Crippen LogP contribution in [-0.4, -0.2) is 48.4 Å². The number of piperidine rings is 1. The second-order valence-electron chi connectivity index (χ2n) is 10.2. The van der Waals surface area contributed by atoms with Gasteiger partial charge in [-0.25, -0.2) is 0 Å². The van der Waals surface area contributed by atoms with E-state index in [1.165, 1.54) is 18.6 Å². The third-order valence-corrected chi connectivity index (χ3v) is 6.95. The number of benzene rings is 1. The first-order valence-corrected chi connectivity index (χ1v) is 13.0. The van der Waals surface area contributed by atoms with Crippen LogP contribution < -0.4 is 11.1 Å². The van der Waals surface area contributed by atoms with Crippen molar-refractivity contribution in [2.45, 2.75) is 95.3 Å². The zero-order valence-electron chi connectivity index (χ0n) is 20.2. The van der Waals surface area contributed by atoms with Gasteiger partial charge in [-0.3, -0.25) is 19.5 Å². The second kappa shape index (κ2) is 11.1. The maximum atomic E-state index is 12.5. The normalized spacial score (nSPS) is 26.3. The molecule has 1 aliphatic heterocycles. The van der Waals surface area contributed by atoms with E-state index in [9.17, 15) is 18.0 Å². The van der Waals surface area contributed by atoms with Crippen LogP contribution in [0.15, 0.2) is 29.2 Å². The highest BCUT2D eigenvalue weighted by Crippen LogP contribution is 2.39. The van der Waals surface area contributed by atoms with Gasteiger partial charge in [0.2, 0.25) is 0 Å². The summed E-state index contributed by atoms with van der Waals surface area (Å²) in [6, 6.07) is 4.78. The van der Waals surface area contributed by atoms with Gasteiger partial charge in [-0.1, -0.05) is 37.0 Å². The minimum Gasteiger partial charge on any atom is -0.459 e. The Hall–Kier alpha value is -1.81. The fraction of sp³-hybridized carbons (Fsp3) is 0.667. The standard InChI is InChI=1S/C17H30N2O3.C7H8O3S/c1-10(18)15(20)14-12-8-6-5-7-11(12)9-13(19-14)16(21)22-17(2,3)4;1-6-2-4-7(5-3-6)11(8,9)10/h10-14,19H,5-9,18H2,1-4H3;2-5H,1H3,(H,8,9,10)/t10-,11?,12?,13?,14?;/m0./s1. The molecule has 33 heavy (non-hydrogen) atoms. The molecule has 0 aromatic heterocycles. The van der Waals surface area contributed by atoms with Gasteiger partial charge in [-0.05, 0) is 71.4 Å². The first-order chi connectivity index (χ1) is 15.2. The average molecular weight is 483 g/mol. The van der Waals surface area contributed by atoms with Crippen LogP contribution in [0.25, 0.3) is 0 Å². The van der Waals surface area contributed by atoms with E-state index in [1.54, 1.807) is 19.1 Å². The molecular weight excluding hydrogens is 444 g/mol. The first-order valence-electron chi connectivity index (χ1n) is 11.5. The molecule has 1 aromatic rings. The van der Waals surface area contributed by atoms with Crippen molar-refractivity contribution in [3.63, 3.8) is 0 Å². The lowest BCUT2D eigenvalue weighted by atomic mass is 9.68. The van der Waals surface area contributed by atoms with E-state index in [2.05, 4.69) is 5.32 Å². The van der Waals surface area contributed by atoms with Gasteiger partial charge in [0.15, 0.2) is 5.78 Å². The number of nitrogens with one attached hydrogen (secondary N) is 1. The maximum Gasteiger partial charge on any atom is 0.323 e. The van der Waals surface area contributed by atoms with Gasteiger partial charge in [0.25, 0.3) is 10.1 Å². The number of ketones is 1. The Morgan fingerprint density at radius 3 is 2.24 bits per heavy atom. The predicted octanol–water partition coefficient (Wildman–Crippen LogP) is 3.02. The quantitative estimate of drug-likeness (QED) is 0.440. The number of rotatable bonds is 4. The number of nitrogens with two attached hydrogens (primary N) is 1. The van der Waals surface area contributed by atoms with Crippen LogP contribution in [0.1, 0.15) is 65.4 Å². The van der Waals surface area contributed by atoms with E-state index < -0.39 is 27.8 Å². The lowest BCUT2D eigenvalue weighted by Crippen LogP contribution is -2.61. The number of fused-ring (bicyclic) bond motifs is 1. The van der Waals surface area contributed by atoms with Gasteiger partial charge in [-0.2, -0.15) is 8.42 Å².